The van der Waals surface area contributed by atoms with Crippen molar-refractivity contribution in [2.45, 2.75) is 6.54 Å². The normalized spacial score (nSPS) is 10.2. The first-order valence-electron chi connectivity index (χ1n) is 5.04. The minimum atomic E-state index is 0.605. The van der Waals surface area contributed by atoms with Crippen molar-refractivity contribution in [2.75, 3.05) is 5.32 Å². The summed E-state index contributed by atoms with van der Waals surface area (Å²) in [7, 11) is 0. The molecule has 17 heavy (non-hydrogen) atoms. The van der Waals surface area contributed by atoms with Crippen molar-refractivity contribution in [3.63, 3.8) is 0 Å². The number of rotatable bonds is 4. The molecule has 5 heteroatoms. The lowest BCUT2D eigenvalue weighted by molar-refractivity contribution is 0.936. The van der Waals surface area contributed by atoms with Crippen LogP contribution in [0.1, 0.15) is 5.56 Å². The molecule has 0 atom stereocenters. The zero-order valence-corrected chi connectivity index (χ0v) is 10.5. The van der Waals surface area contributed by atoms with Crippen LogP contribution in [0.5, 0.6) is 0 Å². The van der Waals surface area contributed by atoms with Crippen LogP contribution in [0.25, 0.3) is 6.20 Å². The first kappa shape index (κ1) is 12.0. The SMILES string of the molecule is C=Cn1cc(CNc2c(Cl)cccc2Cl)cn1. The average Bonchev–Trinajstić information content (AvgIpc) is 2.76. The molecule has 2 aromatic rings. The van der Waals surface area contributed by atoms with Crippen LogP contribution in [0.4, 0.5) is 5.69 Å². The first-order chi connectivity index (χ1) is 8.20. The number of benzene rings is 1. The van der Waals surface area contributed by atoms with Gasteiger partial charge in [-0.3, -0.25) is 0 Å². The van der Waals surface area contributed by atoms with Gasteiger partial charge < -0.3 is 5.32 Å². The summed E-state index contributed by atoms with van der Waals surface area (Å²) in [5.41, 5.74) is 1.77. The van der Waals surface area contributed by atoms with Crippen LogP contribution in [-0.2, 0) is 6.54 Å². The second-order valence-corrected chi connectivity index (χ2v) is 4.28. The van der Waals surface area contributed by atoms with E-state index >= 15 is 0 Å². The van der Waals surface area contributed by atoms with Gasteiger partial charge in [0.05, 0.1) is 21.9 Å². The maximum absolute atomic E-state index is 6.04. The Balaban J connectivity index is 2.09. The van der Waals surface area contributed by atoms with Crippen LogP contribution in [0, 0.1) is 0 Å². The van der Waals surface area contributed by atoms with E-state index < -0.39 is 0 Å². The Labute approximate surface area is 110 Å². The van der Waals surface area contributed by atoms with Crippen molar-refractivity contribution in [3.8, 4) is 0 Å². The van der Waals surface area contributed by atoms with Crippen molar-refractivity contribution in [1.82, 2.24) is 9.78 Å². The second kappa shape index (κ2) is 5.25. The van der Waals surface area contributed by atoms with E-state index in [0.717, 1.165) is 11.3 Å². The fourth-order valence-electron chi connectivity index (χ4n) is 1.43. The molecule has 1 aromatic carbocycles. The van der Waals surface area contributed by atoms with Gasteiger partial charge in [0, 0.05) is 24.5 Å². The number of nitrogens with one attached hydrogen (secondary N) is 1. The Hall–Kier alpha value is -1.45. The lowest BCUT2D eigenvalue weighted by Crippen LogP contribution is -1.99. The molecule has 0 radical (unpaired) electrons. The minimum absolute atomic E-state index is 0.605. The Bertz CT molecular complexity index is 514. The summed E-state index contributed by atoms with van der Waals surface area (Å²) in [5, 5.41) is 8.48. The smallest absolute Gasteiger partial charge is 0.0721 e. The molecule has 0 saturated heterocycles. The number of aromatic nitrogens is 2. The largest absolute Gasteiger partial charge is 0.378 e. The van der Waals surface area contributed by atoms with Crippen LogP contribution >= 0.6 is 23.2 Å². The molecular weight excluding hydrogens is 257 g/mol. The lowest BCUT2D eigenvalue weighted by Gasteiger charge is -2.08. The predicted octanol–water partition coefficient (Wildman–Crippen LogP) is 3.90. The monoisotopic (exact) mass is 267 g/mol. The molecule has 0 spiro atoms. The van der Waals surface area contributed by atoms with Crippen LogP contribution in [0.3, 0.4) is 0 Å². The van der Waals surface area contributed by atoms with Gasteiger partial charge >= 0.3 is 0 Å². The van der Waals surface area contributed by atoms with Crippen molar-refractivity contribution in [2.24, 2.45) is 0 Å². The van der Waals surface area contributed by atoms with Gasteiger partial charge in [0.25, 0.3) is 0 Å². The molecular formula is C12H11Cl2N3. The molecule has 0 fully saturated rings. The van der Waals surface area contributed by atoms with E-state index in [1.807, 2.05) is 12.3 Å². The van der Waals surface area contributed by atoms with E-state index in [1.54, 1.807) is 29.2 Å². The standard InChI is InChI=1S/C12H11Cl2N3/c1-2-17-8-9(7-16-17)6-15-12-10(13)4-3-5-11(12)14/h2-5,7-8,15H,1,6H2. The fraction of sp³-hybridized carbons (Fsp3) is 0.0833. The third-order valence-electron chi connectivity index (χ3n) is 2.27. The van der Waals surface area contributed by atoms with E-state index in [1.165, 1.54) is 0 Å². The molecule has 0 bridgehead atoms. The highest BCUT2D eigenvalue weighted by Gasteiger charge is 2.05. The van der Waals surface area contributed by atoms with Crippen molar-refractivity contribution < 1.29 is 0 Å². The Kier molecular flexibility index (Phi) is 3.71. The summed E-state index contributed by atoms with van der Waals surface area (Å²) in [6, 6.07) is 5.40. The highest BCUT2D eigenvalue weighted by atomic mass is 35.5. The van der Waals surface area contributed by atoms with Gasteiger partial charge in [-0.2, -0.15) is 5.10 Å². The summed E-state index contributed by atoms with van der Waals surface area (Å²) >= 11 is 12.1. The average molecular weight is 268 g/mol. The third-order valence-corrected chi connectivity index (χ3v) is 2.90. The minimum Gasteiger partial charge on any atom is -0.378 e. The number of para-hydroxylation sites is 1. The molecule has 1 N–H and O–H groups in total. The predicted molar refractivity (Wildman–Crippen MR) is 72.4 cm³/mol. The maximum Gasteiger partial charge on any atom is 0.0721 e. The molecule has 3 nitrogen and oxygen atoms in total. The quantitative estimate of drug-likeness (QED) is 0.911. The zero-order valence-electron chi connectivity index (χ0n) is 9.03. The summed E-state index contributed by atoms with van der Waals surface area (Å²) in [6.07, 6.45) is 5.27. The van der Waals surface area contributed by atoms with Crippen molar-refractivity contribution in [3.05, 3.63) is 52.8 Å². The summed E-state index contributed by atoms with van der Waals surface area (Å²) in [6.45, 7) is 4.24. The van der Waals surface area contributed by atoms with Gasteiger partial charge in [0.15, 0.2) is 0 Å². The Morgan fingerprint density at radius 1 is 1.35 bits per heavy atom. The molecule has 2 rings (SSSR count). The molecule has 0 unspecified atom stereocenters. The van der Waals surface area contributed by atoms with E-state index in [2.05, 4.69) is 17.0 Å². The van der Waals surface area contributed by atoms with Gasteiger partial charge in [-0.15, -0.1) is 0 Å². The third kappa shape index (κ3) is 2.81. The summed E-state index contributed by atoms with van der Waals surface area (Å²) < 4.78 is 1.64. The van der Waals surface area contributed by atoms with E-state index in [4.69, 9.17) is 23.2 Å². The summed E-state index contributed by atoms with van der Waals surface area (Å²) in [5.74, 6) is 0. The highest BCUT2D eigenvalue weighted by Crippen LogP contribution is 2.30. The van der Waals surface area contributed by atoms with Gasteiger partial charge in [-0.1, -0.05) is 35.8 Å². The van der Waals surface area contributed by atoms with Crippen LogP contribution in [-0.4, -0.2) is 9.78 Å². The van der Waals surface area contributed by atoms with Gasteiger partial charge in [0.2, 0.25) is 0 Å². The number of nitrogens with zero attached hydrogens (tertiary/aromatic N) is 2. The van der Waals surface area contributed by atoms with E-state index in [-0.39, 0.29) is 0 Å². The molecule has 88 valence electrons. The van der Waals surface area contributed by atoms with Gasteiger partial charge in [0.1, 0.15) is 0 Å². The van der Waals surface area contributed by atoms with E-state index in [0.29, 0.717) is 16.6 Å². The lowest BCUT2D eigenvalue weighted by atomic mass is 10.3. The number of halogens is 2. The molecule has 1 aromatic heterocycles. The van der Waals surface area contributed by atoms with Crippen LogP contribution in [0.15, 0.2) is 37.2 Å². The molecule has 0 aliphatic heterocycles. The Morgan fingerprint density at radius 3 is 2.65 bits per heavy atom. The second-order valence-electron chi connectivity index (χ2n) is 3.46. The highest BCUT2D eigenvalue weighted by molar-refractivity contribution is 6.39. The molecule has 0 amide bonds. The van der Waals surface area contributed by atoms with Crippen LogP contribution < -0.4 is 5.32 Å². The maximum atomic E-state index is 6.04. The topological polar surface area (TPSA) is 29.9 Å². The molecule has 0 aliphatic carbocycles. The fourth-order valence-corrected chi connectivity index (χ4v) is 1.96. The Morgan fingerprint density at radius 2 is 2.06 bits per heavy atom. The van der Waals surface area contributed by atoms with E-state index in [9.17, 15) is 0 Å². The van der Waals surface area contributed by atoms with Crippen LogP contribution in [0.2, 0.25) is 10.0 Å². The molecule has 1 heterocycles. The number of anilines is 1. The van der Waals surface area contributed by atoms with Gasteiger partial charge in [-0.05, 0) is 12.1 Å². The number of hydrogen-bond acceptors (Lipinski definition) is 2. The molecule has 0 saturated carbocycles. The molecule has 0 aliphatic rings. The van der Waals surface area contributed by atoms with Crippen molar-refractivity contribution >= 4 is 35.1 Å². The first-order valence-corrected chi connectivity index (χ1v) is 5.80. The van der Waals surface area contributed by atoms with Gasteiger partial charge in [-0.25, -0.2) is 4.68 Å². The van der Waals surface area contributed by atoms with Crippen molar-refractivity contribution in [1.29, 1.82) is 0 Å². The summed E-state index contributed by atoms with van der Waals surface area (Å²) in [4.78, 5) is 0. The number of hydrogen-bond donors (Lipinski definition) is 1. The zero-order chi connectivity index (χ0) is 12.3.